The first-order chi connectivity index (χ1) is 13.0. The summed E-state index contributed by atoms with van der Waals surface area (Å²) in [6.07, 6.45) is 3.41. The summed E-state index contributed by atoms with van der Waals surface area (Å²) in [7, 11) is 0. The van der Waals surface area contributed by atoms with E-state index in [-0.39, 0.29) is 5.91 Å². The first kappa shape index (κ1) is 19.0. The van der Waals surface area contributed by atoms with Gasteiger partial charge in [0.05, 0.1) is 12.8 Å². The predicted molar refractivity (Wildman–Crippen MR) is 111 cm³/mol. The molecule has 0 saturated carbocycles. The summed E-state index contributed by atoms with van der Waals surface area (Å²) in [6.45, 7) is 4.91. The first-order valence-corrected chi connectivity index (χ1v) is 9.52. The van der Waals surface area contributed by atoms with Crippen molar-refractivity contribution in [2.24, 2.45) is 5.10 Å². The molecule has 3 rings (SSSR count). The third-order valence-corrected chi connectivity index (χ3v) is 4.64. The average Bonchev–Trinajstić information content (AvgIpc) is 3.12. The summed E-state index contributed by atoms with van der Waals surface area (Å²) in [5.74, 6) is 0.155. The van der Waals surface area contributed by atoms with Gasteiger partial charge in [-0.1, -0.05) is 66.2 Å². The van der Waals surface area contributed by atoms with Gasteiger partial charge in [-0.2, -0.15) is 10.2 Å². The van der Waals surface area contributed by atoms with E-state index >= 15 is 0 Å². The third kappa shape index (κ3) is 5.37. The summed E-state index contributed by atoms with van der Waals surface area (Å²) in [5, 5.41) is 8.32. The maximum Gasteiger partial charge on any atom is 0.291 e. The van der Waals surface area contributed by atoms with E-state index in [1.54, 1.807) is 23.2 Å². The van der Waals surface area contributed by atoms with E-state index < -0.39 is 0 Å². The molecule has 1 aromatic heterocycles. The molecule has 5 nitrogen and oxygen atoms in total. The van der Waals surface area contributed by atoms with Crippen molar-refractivity contribution >= 4 is 28.1 Å². The minimum Gasteiger partial charge on any atom is -0.268 e. The summed E-state index contributed by atoms with van der Waals surface area (Å²) >= 11 is 3.42. The molecule has 0 fully saturated rings. The molecule has 1 N–H and O–H groups in total. The number of halogens is 1. The van der Waals surface area contributed by atoms with Crippen LogP contribution in [0.15, 0.2) is 70.4 Å². The van der Waals surface area contributed by atoms with Crippen molar-refractivity contribution in [2.75, 3.05) is 0 Å². The second kappa shape index (κ2) is 8.77. The highest BCUT2D eigenvalue weighted by molar-refractivity contribution is 9.10. The molecule has 0 bridgehead atoms. The number of carbonyl (C=O) groups is 1. The SMILES string of the molecule is CC(C)c1ccc(/C=N\NC(=O)c2ccn(Cc3ccc(Br)cc3)n2)cc1. The Bertz CT molecular complexity index is 928. The van der Waals surface area contributed by atoms with Crippen LogP contribution in [0.25, 0.3) is 0 Å². The van der Waals surface area contributed by atoms with Crippen LogP contribution in [0.3, 0.4) is 0 Å². The number of hydrogen-bond acceptors (Lipinski definition) is 3. The number of rotatable bonds is 6. The molecule has 2 aromatic carbocycles. The average molecular weight is 425 g/mol. The molecule has 0 aliphatic carbocycles. The van der Waals surface area contributed by atoms with Crippen LogP contribution in [-0.4, -0.2) is 21.9 Å². The zero-order valence-corrected chi connectivity index (χ0v) is 16.8. The highest BCUT2D eigenvalue weighted by atomic mass is 79.9. The van der Waals surface area contributed by atoms with Crippen molar-refractivity contribution in [3.05, 3.63) is 87.7 Å². The zero-order chi connectivity index (χ0) is 19.2. The lowest BCUT2D eigenvalue weighted by Crippen LogP contribution is -2.18. The van der Waals surface area contributed by atoms with Gasteiger partial charge in [0, 0.05) is 10.7 Å². The van der Waals surface area contributed by atoms with Crippen LogP contribution in [0, 0.1) is 0 Å². The van der Waals surface area contributed by atoms with Gasteiger partial charge in [0.1, 0.15) is 0 Å². The van der Waals surface area contributed by atoms with Crippen molar-refractivity contribution in [3.63, 3.8) is 0 Å². The predicted octanol–water partition coefficient (Wildman–Crippen LogP) is 4.58. The Hall–Kier alpha value is -2.73. The van der Waals surface area contributed by atoms with Gasteiger partial charge in [0.2, 0.25) is 0 Å². The second-order valence-electron chi connectivity index (χ2n) is 6.55. The van der Waals surface area contributed by atoms with Gasteiger partial charge in [-0.3, -0.25) is 9.48 Å². The normalized spacial score (nSPS) is 11.3. The Labute approximate surface area is 167 Å². The highest BCUT2D eigenvalue weighted by Gasteiger charge is 2.08. The fourth-order valence-corrected chi connectivity index (χ4v) is 2.80. The van der Waals surface area contributed by atoms with Gasteiger partial charge in [0.25, 0.3) is 5.91 Å². The zero-order valence-electron chi connectivity index (χ0n) is 15.3. The van der Waals surface area contributed by atoms with Crippen molar-refractivity contribution < 1.29 is 4.79 Å². The molecule has 0 aliphatic rings. The van der Waals surface area contributed by atoms with E-state index in [1.807, 2.05) is 36.4 Å². The molecule has 0 unspecified atom stereocenters. The topological polar surface area (TPSA) is 59.3 Å². The number of nitrogens with zero attached hydrogens (tertiary/aromatic N) is 3. The summed E-state index contributed by atoms with van der Waals surface area (Å²) in [4.78, 5) is 12.2. The summed E-state index contributed by atoms with van der Waals surface area (Å²) in [5.41, 5.74) is 6.16. The first-order valence-electron chi connectivity index (χ1n) is 8.72. The van der Waals surface area contributed by atoms with Crippen molar-refractivity contribution in [3.8, 4) is 0 Å². The largest absolute Gasteiger partial charge is 0.291 e. The van der Waals surface area contributed by atoms with Crippen molar-refractivity contribution in [2.45, 2.75) is 26.3 Å². The Kier molecular flexibility index (Phi) is 6.19. The van der Waals surface area contributed by atoms with E-state index in [0.717, 1.165) is 15.6 Å². The Morgan fingerprint density at radius 1 is 1.15 bits per heavy atom. The molecule has 1 heterocycles. The molecule has 138 valence electrons. The molecular formula is C21H21BrN4O. The van der Waals surface area contributed by atoms with Crippen LogP contribution >= 0.6 is 15.9 Å². The second-order valence-corrected chi connectivity index (χ2v) is 7.46. The quantitative estimate of drug-likeness (QED) is 0.464. The van der Waals surface area contributed by atoms with Gasteiger partial charge in [-0.15, -0.1) is 0 Å². The number of carbonyl (C=O) groups excluding carboxylic acids is 1. The molecule has 27 heavy (non-hydrogen) atoms. The van der Waals surface area contributed by atoms with Crippen LogP contribution < -0.4 is 5.43 Å². The molecule has 0 spiro atoms. The van der Waals surface area contributed by atoms with E-state index in [4.69, 9.17) is 0 Å². The van der Waals surface area contributed by atoms with Gasteiger partial charge in [-0.25, -0.2) is 5.43 Å². The van der Waals surface area contributed by atoms with Crippen LogP contribution in [0.5, 0.6) is 0 Å². The fourth-order valence-electron chi connectivity index (χ4n) is 2.54. The highest BCUT2D eigenvalue weighted by Crippen LogP contribution is 2.14. The molecule has 1 amide bonds. The van der Waals surface area contributed by atoms with E-state index in [1.165, 1.54) is 5.56 Å². The van der Waals surface area contributed by atoms with Crippen LogP contribution in [0.4, 0.5) is 0 Å². The minimum absolute atomic E-state index is 0.333. The van der Waals surface area contributed by atoms with Crippen LogP contribution in [0.1, 0.15) is 46.9 Å². The van der Waals surface area contributed by atoms with E-state index in [2.05, 4.69) is 57.5 Å². The third-order valence-electron chi connectivity index (χ3n) is 4.11. The summed E-state index contributed by atoms with van der Waals surface area (Å²) in [6, 6.07) is 17.8. The molecule has 0 saturated heterocycles. The van der Waals surface area contributed by atoms with E-state index in [9.17, 15) is 4.79 Å². The lowest BCUT2D eigenvalue weighted by Gasteiger charge is -2.04. The maximum absolute atomic E-state index is 12.2. The minimum atomic E-state index is -0.334. The standard InChI is InChI=1S/C21H21BrN4O/c1-15(2)18-7-3-16(4-8-18)13-23-24-21(27)20-11-12-26(25-20)14-17-5-9-19(22)10-6-17/h3-13,15H,14H2,1-2H3,(H,24,27)/b23-13-. The number of hydrazone groups is 1. The maximum atomic E-state index is 12.2. The lowest BCUT2D eigenvalue weighted by molar-refractivity contribution is 0.0949. The van der Waals surface area contributed by atoms with Gasteiger partial charge in [-0.05, 0) is 40.8 Å². The lowest BCUT2D eigenvalue weighted by atomic mass is 10.0. The Balaban J connectivity index is 1.56. The monoisotopic (exact) mass is 424 g/mol. The molecule has 0 radical (unpaired) electrons. The van der Waals surface area contributed by atoms with Crippen LogP contribution in [0.2, 0.25) is 0 Å². The number of hydrogen-bond donors (Lipinski definition) is 1. The smallest absolute Gasteiger partial charge is 0.268 e. The number of nitrogens with one attached hydrogen (secondary N) is 1. The fraction of sp³-hybridized carbons (Fsp3) is 0.190. The van der Waals surface area contributed by atoms with Gasteiger partial charge in [0.15, 0.2) is 5.69 Å². The Morgan fingerprint density at radius 2 is 1.85 bits per heavy atom. The molecular weight excluding hydrogens is 404 g/mol. The van der Waals surface area contributed by atoms with Gasteiger partial charge < -0.3 is 0 Å². The van der Waals surface area contributed by atoms with E-state index in [0.29, 0.717) is 18.2 Å². The van der Waals surface area contributed by atoms with Crippen molar-refractivity contribution in [1.29, 1.82) is 0 Å². The van der Waals surface area contributed by atoms with Gasteiger partial charge >= 0.3 is 0 Å². The summed E-state index contributed by atoms with van der Waals surface area (Å²) < 4.78 is 2.76. The number of aromatic nitrogens is 2. The number of benzene rings is 2. The van der Waals surface area contributed by atoms with Crippen LogP contribution in [-0.2, 0) is 6.54 Å². The molecule has 6 heteroatoms. The molecule has 0 atom stereocenters. The molecule has 0 aliphatic heterocycles. The molecule has 3 aromatic rings. The van der Waals surface area contributed by atoms with Crippen molar-refractivity contribution in [1.82, 2.24) is 15.2 Å². The number of amides is 1. The Morgan fingerprint density at radius 3 is 2.52 bits per heavy atom.